The third-order valence-corrected chi connectivity index (χ3v) is 3.58. The van der Waals surface area contributed by atoms with Crippen molar-refractivity contribution < 1.29 is 19.4 Å². The van der Waals surface area contributed by atoms with E-state index < -0.39 is 11.5 Å². The van der Waals surface area contributed by atoms with Crippen molar-refractivity contribution in [1.29, 1.82) is 0 Å². The molecule has 0 aromatic rings. The van der Waals surface area contributed by atoms with Gasteiger partial charge in [-0.1, -0.05) is 6.92 Å². The summed E-state index contributed by atoms with van der Waals surface area (Å²) in [5.74, 6) is -0.835. The third kappa shape index (κ3) is 5.47. The van der Waals surface area contributed by atoms with Crippen LogP contribution in [-0.4, -0.2) is 48.6 Å². The van der Waals surface area contributed by atoms with Crippen molar-refractivity contribution >= 4 is 5.97 Å². The molecular weight excluding hydrogens is 246 g/mol. The van der Waals surface area contributed by atoms with Gasteiger partial charge >= 0.3 is 5.97 Å². The van der Waals surface area contributed by atoms with E-state index in [-0.39, 0.29) is 12.2 Å². The maximum atomic E-state index is 11.3. The molecular formula is C14H27NO4. The zero-order valence-electron chi connectivity index (χ0n) is 12.3. The first kappa shape index (κ1) is 16.4. The molecule has 2 N–H and O–H groups in total. The molecule has 3 unspecified atom stereocenters. The van der Waals surface area contributed by atoms with E-state index in [0.29, 0.717) is 19.6 Å². The molecule has 1 heterocycles. The number of likely N-dealkylation sites (N-methyl/N-ethyl adjacent to an activating group) is 1. The fourth-order valence-electron chi connectivity index (χ4n) is 2.47. The first-order chi connectivity index (χ1) is 8.98. The van der Waals surface area contributed by atoms with E-state index in [1.54, 1.807) is 6.92 Å². The van der Waals surface area contributed by atoms with Crippen molar-refractivity contribution in [2.75, 3.05) is 19.8 Å². The first-order valence-corrected chi connectivity index (χ1v) is 7.19. The van der Waals surface area contributed by atoms with Crippen LogP contribution in [0.3, 0.4) is 0 Å². The van der Waals surface area contributed by atoms with Gasteiger partial charge in [0, 0.05) is 13.0 Å². The minimum Gasteiger partial charge on any atom is -0.480 e. The lowest BCUT2D eigenvalue weighted by Crippen LogP contribution is -2.51. The molecule has 1 aliphatic heterocycles. The Kier molecular flexibility index (Phi) is 6.75. The van der Waals surface area contributed by atoms with Gasteiger partial charge in [-0.3, -0.25) is 4.79 Å². The highest BCUT2D eigenvalue weighted by Gasteiger charge is 2.34. The molecule has 0 aliphatic carbocycles. The zero-order chi connectivity index (χ0) is 14.3. The van der Waals surface area contributed by atoms with Crippen LogP contribution >= 0.6 is 0 Å². The largest absolute Gasteiger partial charge is 0.480 e. The van der Waals surface area contributed by atoms with Gasteiger partial charge in [-0.2, -0.15) is 0 Å². The van der Waals surface area contributed by atoms with Gasteiger partial charge < -0.3 is 19.9 Å². The van der Waals surface area contributed by atoms with E-state index >= 15 is 0 Å². The highest BCUT2D eigenvalue weighted by atomic mass is 16.5. The number of carbonyl (C=O) groups is 1. The summed E-state index contributed by atoms with van der Waals surface area (Å²) in [4.78, 5) is 11.3. The van der Waals surface area contributed by atoms with Crippen LogP contribution in [0.4, 0.5) is 0 Å². The molecule has 3 atom stereocenters. The molecule has 19 heavy (non-hydrogen) atoms. The number of carboxylic acid groups (broad SMARTS) is 1. The van der Waals surface area contributed by atoms with Crippen LogP contribution in [0.2, 0.25) is 0 Å². The zero-order valence-corrected chi connectivity index (χ0v) is 12.3. The summed E-state index contributed by atoms with van der Waals surface area (Å²) in [7, 11) is 0. The normalized spacial score (nSPS) is 24.7. The van der Waals surface area contributed by atoms with Crippen LogP contribution in [0.5, 0.6) is 0 Å². The van der Waals surface area contributed by atoms with Crippen LogP contribution in [0.15, 0.2) is 0 Å². The molecule has 5 heteroatoms. The molecule has 0 amide bonds. The molecule has 0 spiro atoms. The maximum absolute atomic E-state index is 11.3. The second-order valence-corrected chi connectivity index (χ2v) is 5.50. The number of aliphatic carboxylic acids is 1. The Morgan fingerprint density at radius 3 is 2.84 bits per heavy atom. The van der Waals surface area contributed by atoms with Gasteiger partial charge in [0.1, 0.15) is 5.54 Å². The molecule has 112 valence electrons. The number of hydrogen-bond donors (Lipinski definition) is 2. The average molecular weight is 273 g/mol. The molecule has 5 nitrogen and oxygen atoms in total. The minimum absolute atomic E-state index is 0.106. The van der Waals surface area contributed by atoms with Gasteiger partial charge in [0.25, 0.3) is 0 Å². The molecule has 0 bridgehead atoms. The smallest absolute Gasteiger partial charge is 0.323 e. The number of rotatable bonds is 8. The fraction of sp³-hybridized carbons (Fsp3) is 0.929. The Bertz CT molecular complexity index is 279. The number of ether oxygens (including phenoxy) is 2. The predicted octanol–water partition coefficient (Wildman–Crippen LogP) is 1.80. The van der Waals surface area contributed by atoms with E-state index in [1.807, 2.05) is 13.8 Å². The van der Waals surface area contributed by atoms with Crippen LogP contribution < -0.4 is 5.32 Å². The Balaban J connectivity index is 2.35. The molecule has 0 saturated carbocycles. The van der Waals surface area contributed by atoms with E-state index in [2.05, 4.69) is 5.32 Å². The van der Waals surface area contributed by atoms with Crippen molar-refractivity contribution in [1.82, 2.24) is 5.32 Å². The molecule has 1 fully saturated rings. The number of carboxylic acids is 1. The quantitative estimate of drug-likeness (QED) is 0.706. The molecule has 1 aliphatic rings. The van der Waals surface area contributed by atoms with Crippen LogP contribution in [-0.2, 0) is 14.3 Å². The van der Waals surface area contributed by atoms with Crippen molar-refractivity contribution in [3.05, 3.63) is 0 Å². The Labute approximate surface area is 115 Å². The van der Waals surface area contributed by atoms with Gasteiger partial charge in [0.05, 0.1) is 18.8 Å². The first-order valence-electron chi connectivity index (χ1n) is 7.19. The van der Waals surface area contributed by atoms with Gasteiger partial charge in [-0.15, -0.1) is 0 Å². The molecule has 0 aromatic heterocycles. The summed E-state index contributed by atoms with van der Waals surface area (Å²) in [5.41, 5.74) is -0.929. The second-order valence-electron chi connectivity index (χ2n) is 5.50. The fourth-order valence-corrected chi connectivity index (χ4v) is 2.47. The number of hydrogen-bond acceptors (Lipinski definition) is 4. The predicted molar refractivity (Wildman–Crippen MR) is 73.3 cm³/mol. The molecule has 0 radical (unpaired) electrons. The lowest BCUT2D eigenvalue weighted by atomic mass is 9.95. The maximum Gasteiger partial charge on any atom is 0.323 e. The summed E-state index contributed by atoms with van der Waals surface area (Å²) >= 11 is 0. The minimum atomic E-state index is -0.929. The summed E-state index contributed by atoms with van der Waals surface area (Å²) in [6.45, 7) is 7.52. The van der Waals surface area contributed by atoms with Gasteiger partial charge in [-0.05, 0) is 39.7 Å². The topological polar surface area (TPSA) is 67.8 Å². The monoisotopic (exact) mass is 273 g/mol. The highest BCUT2D eigenvalue weighted by Crippen LogP contribution is 2.17. The van der Waals surface area contributed by atoms with Crippen molar-refractivity contribution in [2.24, 2.45) is 0 Å². The Morgan fingerprint density at radius 1 is 1.58 bits per heavy atom. The van der Waals surface area contributed by atoms with Gasteiger partial charge in [0.2, 0.25) is 0 Å². The van der Waals surface area contributed by atoms with Crippen molar-refractivity contribution in [3.8, 4) is 0 Å². The van der Waals surface area contributed by atoms with E-state index in [4.69, 9.17) is 9.47 Å². The summed E-state index contributed by atoms with van der Waals surface area (Å²) in [6, 6.07) is 0. The van der Waals surface area contributed by atoms with Crippen LogP contribution in [0.1, 0.15) is 46.5 Å². The van der Waals surface area contributed by atoms with Crippen molar-refractivity contribution in [3.63, 3.8) is 0 Å². The molecule has 1 saturated heterocycles. The lowest BCUT2D eigenvalue weighted by molar-refractivity contribution is -0.146. The van der Waals surface area contributed by atoms with Gasteiger partial charge in [-0.25, -0.2) is 0 Å². The Hall–Kier alpha value is -0.650. The molecule has 1 rings (SSSR count). The number of nitrogens with one attached hydrogen (secondary N) is 1. The van der Waals surface area contributed by atoms with E-state index in [1.165, 1.54) is 6.42 Å². The van der Waals surface area contributed by atoms with E-state index in [9.17, 15) is 9.90 Å². The third-order valence-electron chi connectivity index (χ3n) is 3.58. The molecule has 0 aromatic carbocycles. The average Bonchev–Trinajstić information content (AvgIpc) is 2.37. The van der Waals surface area contributed by atoms with Gasteiger partial charge in [0.15, 0.2) is 0 Å². The summed E-state index contributed by atoms with van der Waals surface area (Å²) in [5, 5.41) is 12.3. The van der Waals surface area contributed by atoms with Crippen LogP contribution in [0, 0.1) is 0 Å². The van der Waals surface area contributed by atoms with E-state index in [0.717, 1.165) is 19.4 Å². The summed E-state index contributed by atoms with van der Waals surface area (Å²) in [6.07, 6.45) is 3.87. The van der Waals surface area contributed by atoms with Crippen LogP contribution in [0.25, 0.3) is 0 Å². The highest BCUT2D eigenvalue weighted by molar-refractivity contribution is 5.78. The van der Waals surface area contributed by atoms with Crippen molar-refractivity contribution in [2.45, 2.75) is 64.2 Å². The summed E-state index contributed by atoms with van der Waals surface area (Å²) < 4.78 is 11.3. The Morgan fingerprint density at radius 2 is 2.32 bits per heavy atom. The second kappa shape index (κ2) is 7.82. The standard InChI is InChI=1S/C14H27NO4/c1-4-15-14(3,13(16)17)9-11(2)19-10-12-7-5-6-8-18-12/h11-12,15H,4-10H2,1-3H3,(H,16,17). The lowest BCUT2D eigenvalue weighted by Gasteiger charge is -2.30. The SMILES string of the molecule is CCNC(C)(CC(C)OCC1CCCCO1)C(=O)O.